The van der Waals surface area contributed by atoms with Crippen molar-refractivity contribution in [3.05, 3.63) is 29.3 Å². The highest BCUT2D eigenvalue weighted by Crippen LogP contribution is 2.17. The summed E-state index contributed by atoms with van der Waals surface area (Å²) in [7, 11) is 0. The Morgan fingerprint density at radius 1 is 1.58 bits per heavy atom. The van der Waals surface area contributed by atoms with Crippen molar-refractivity contribution in [1.29, 1.82) is 0 Å². The Hall–Kier alpha value is -0.730. The van der Waals surface area contributed by atoms with Crippen LogP contribution in [0.15, 0.2) is 24.3 Å². The summed E-state index contributed by atoms with van der Waals surface area (Å²) in [4.78, 5) is 0. The second kappa shape index (κ2) is 4.33. The van der Waals surface area contributed by atoms with Gasteiger partial charge >= 0.3 is 0 Å². The van der Waals surface area contributed by atoms with Crippen LogP contribution in [0.3, 0.4) is 0 Å². The van der Waals surface area contributed by atoms with Crippen molar-refractivity contribution in [3.8, 4) is 5.75 Å². The zero-order valence-electron chi connectivity index (χ0n) is 6.83. The zero-order chi connectivity index (χ0) is 8.97. The van der Waals surface area contributed by atoms with Crippen molar-refractivity contribution in [2.45, 2.75) is 13.0 Å². The first-order chi connectivity index (χ1) is 5.72. The molecule has 0 heterocycles. The molecule has 0 bridgehead atoms. The average Bonchev–Trinajstić information content (AvgIpc) is 2.04. The van der Waals surface area contributed by atoms with Crippen molar-refractivity contribution >= 4 is 11.6 Å². The van der Waals surface area contributed by atoms with E-state index in [1.807, 2.05) is 6.07 Å². The van der Waals surface area contributed by atoms with E-state index < -0.39 is 0 Å². The van der Waals surface area contributed by atoms with E-state index in [1.165, 1.54) is 0 Å². The second-order valence-electron chi connectivity index (χ2n) is 2.57. The van der Waals surface area contributed by atoms with Crippen LogP contribution in [0.2, 0.25) is 5.02 Å². The number of benzene rings is 1. The maximum atomic E-state index is 8.71. The fourth-order valence-corrected chi connectivity index (χ4v) is 0.990. The number of rotatable bonds is 3. The van der Waals surface area contributed by atoms with Crippen LogP contribution in [0.5, 0.6) is 5.75 Å². The monoisotopic (exact) mass is 186 g/mol. The van der Waals surface area contributed by atoms with Gasteiger partial charge in [-0.2, -0.15) is 0 Å². The molecule has 0 amide bonds. The third-order valence-electron chi connectivity index (χ3n) is 1.39. The minimum atomic E-state index is -0.191. The van der Waals surface area contributed by atoms with Crippen LogP contribution in [0.25, 0.3) is 0 Å². The van der Waals surface area contributed by atoms with E-state index in [2.05, 4.69) is 0 Å². The summed E-state index contributed by atoms with van der Waals surface area (Å²) < 4.78 is 5.31. The summed E-state index contributed by atoms with van der Waals surface area (Å²) in [6, 6.07) is 7.10. The number of hydrogen-bond acceptors (Lipinski definition) is 2. The highest BCUT2D eigenvalue weighted by molar-refractivity contribution is 6.30. The number of hydrogen-bond donors (Lipinski definition) is 1. The number of halogens is 1. The van der Waals surface area contributed by atoms with Crippen molar-refractivity contribution in [1.82, 2.24) is 0 Å². The molecular formula is C9H11ClO2. The SMILES string of the molecule is C[C@@H](CO)Oc1cccc(Cl)c1. The molecule has 2 nitrogen and oxygen atoms in total. The van der Waals surface area contributed by atoms with Crippen molar-refractivity contribution in [2.75, 3.05) is 6.61 Å². The largest absolute Gasteiger partial charge is 0.488 e. The molecule has 12 heavy (non-hydrogen) atoms. The lowest BCUT2D eigenvalue weighted by Gasteiger charge is -2.11. The molecule has 0 radical (unpaired) electrons. The lowest BCUT2D eigenvalue weighted by molar-refractivity contribution is 0.130. The van der Waals surface area contributed by atoms with Gasteiger partial charge in [0, 0.05) is 5.02 Å². The molecule has 1 rings (SSSR count). The van der Waals surface area contributed by atoms with Gasteiger partial charge in [0.15, 0.2) is 0 Å². The van der Waals surface area contributed by atoms with Crippen LogP contribution in [0.4, 0.5) is 0 Å². The van der Waals surface area contributed by atoms with Gasteiger partial charge in [-0.1, -0.05) is 17.7 Å². The standard InChI is InChI=1S/C9H11ClO2/c1-7(6-11)12-9-4-2-3-8(10)5-9/h2-5,7,11H,6H2,1H3/t7-/m0/s1. The second-order valence-corrected chi connectivity index (χ2v) is 3.00. The Bertz CT molecular complexity index is 250. The van der Waals surface area contributed by atoms with Crippen LogP contribution >= 0.6 is 11.6 Å². The highest BCUT2D eigenvalue weighted by Gasteiger charge is 2.01. The van der Waals surface area contributed by atoms with Gasteiger partial charge in [0.25, 0.3) is 0 Å². The molecule has 1 aromatic carbocycles. The lowest BCUT2D eigenvalue weighted by Crippen LogP contribution is -2.15. The average molecular weight is 187 g/mol. The molecule has 0 spiro atoms. The lowest BCUT2D eigenvalue weighted by atomic mass is 10.3. The molecule has 0 aliphatic carbocycles. The van der Waals surface area contributed by atoms with Crippen LogP contribution in [0, 0.1) is 0 Å². The third-order valence-corrected chi connectivity index (χ3v) is 1.63. The van der Waals surface area contributed by atoms with E-state index in [9.17, 15) is 0 Å². The van der Waals surface area contributed by atoms with Crippen LogP contribution in [-0.4, -0.2) is 17.8 Å². The summed E-state index contributed by atoms with van der Waals surface area (Å²) in [6.45, 7) is 1.80. The van der Waals surface area contributed by atoms with Gasteiger partial charge in [-0.05, 0) is 25.1 Å². The molecule has 3 heteroatoms. The molecule has 66 valence electrons. The molecule has 0 aliphatic heterocycles. The first-order valence-corrected chi connectivity index (χ1v) is 4.13. The summed E-state index contributed by atoms with van der Waals surface area (Å²) >= 11 is 5.73. The first-order valence-electron chi connectivity index (χ1n) is 3.75. The van der Waals surface area contributed by atoms with Crippen LogP contribution in [-0.2, 0) is 0 Å². The van der Waals surface area contributed by atoms with E-state index >= 15 is 0 Å². The van der Waals surface area contributed by atoms with Gasteiger partial charge in [-0.25, -0.2) is 0 Å². The molecule has 0 aromatic heterocycles. The third kappa shape index (κ3) is 2.72. The van der Waals surface area contributed by atoms with Gasteiger partial charge in [0.2, 0.25) is 0 Å². The molecular weight excluding hydrogens is 176 g/mol. The molecule has 0 saturated heterocycles. The summed E-state index contributed by atoms with van der Waals surface area (Å²) in [6.07, 6.45) is -0.191. The number of aliphatic hydroxyl groups is 1. The minimum absolute atomic E-state index is 0.00646. The quantitative estimate of drug-likeness (QED) is 0.784. The van der Waals surface area contributed by atoms with E-state index in [1.54, 1.807) is 25.1 Å². The summed E-state index contributed by atoms with van der Waals surface area (Å²) in [5, 5.41) is 9.34. The van der Waals surface area contributed by atoms with Gasteiger partial charge in [-0.3, -0.25) is 0 Å². The predicted octanol–water partition coefficient (Wildman–Crippen LogP) is 2.10. The topological polar surface area (TPSA) is 29.5 Å². The van der Waals surface area contributed by atoms with Crippen LogP contribution < -0.4 is 4.74 Å². The molecule has 0 saturated carbocycles. The van der Waals surface area contributed by atoms with Crippen molar-refractivity contribution in [3.63, 3.8) is 0 Å². The van der Waals surface area contributed by atoms with Gasteiger partial charge in [0.1, 0.15) is 11.9 Å². The predicted molar refractivity (Wildman–Crippen MR) is 48.6 cm³/mol. The van der Waals surface area contributed by atoms with Gasteiger partial charge in [-0.15, -0.1) is 0 Å². The molecule has 0 aliphatic rings. The Morgan fingerprint density at radius 2 is 2.33 bits per heavy atom. The number of aliphatic hydroxyl groups excluding tert-OH is 1. The smallest absolute Gasteiger partial charge is 0.121 e. The van der Waals surface area contributed by atoms with E-state index in [0.717, 1.165) is 0 Å². The minimum Gasteiger partial charge on any atom is -0.488 e. The number of ether oxygens (including phenoxy) is 1. The fourth-order valence-electron chi connectivity index (χ4n) is 0.810. The Labute approximate surface area is 76.7 Å². The molecule has 0 unspecified atom stereocenters. The Kier molecular flexibility index (Phi) is 3.38. The highest BCUT2D eigenvalue weighted by atomic mass is 35.5. The van der Waals surface area contributed by atoms with Gasteiger partial charge in [0.05, 0.1) is 6.61 Å². The Morgan fingerprint density at radius 3 is 2.92 bits per heavy atom. The zero-order valence-corrected chi connectivity index (χ0v) is 7.58. The summed E-state index contributed by atoms with van der Waals surface area (Å²) in [5.74, 6) is 0.684. The summed E-state index contributed by atoms with van der Waals surface area (Å²) in [5.41, 5.74) is 0. The maximum absolute atomic E-state index is 8.71. The maximum Gasteiger partial charge on any atom is 0.121 e. The fraction of sp³-hybridized carbons (Fsp3) is 0.333. The van der Waals surface area contributed by atoms with E-state index in [0.29, 0.717) is 10.8 Å². The van der Waals surface area contributed by atoms with Gasteiger partial charge < -0.3 is 9.84 Å². The molecule has 1 N–H and O–H groups in total. The van der Waals surface area contributed by atoms with Crippen molar-refractivity contribution in [2.24, 2.45) is 0 Å². The van der Waals surface area contributed by atoms with E-state index in [4.69, 9.17) is 21.4 Å². The Balaban J connectivity index is 2.63. The molecule has 1 atom stereocenters. The molecule has 1 aromatic rings. The van der Waals surface area contributed by atoms with Crippen molar-refractivity contribution < 1.29 is 9.84 Å². The normalized spacial score (nSPS) is 12.6. The van der Waals surface area contributed by atoms with Crippen LogP contribution in [0.1, 0.15) is 6.92 Å². The molecule has 0 fully saturated rings. The first kappa shape index (κ1) is 9.36. The van der Waals surface area contributed by atoms with E-state index in [-0.39, 0.29) is 12.7 Å².